The molecule has 4 nitrogen and oxygen atoms in total. The van der Waals surface area contributed by atoms with Crippen LogP contribution in [0.3, 0.4) is 0 Å². The lowest BCUT2D eigenvalue weighted by Crippen LogP contribution is -2.46. The third kappa shape index (κ3) is 2.37. The molecule has 1 saturated heterocycles. The quantitative estimate of drug-likeness (QED) is 0.605. The number of benzene rings is 1. The van der Waals surface area contributed by atoms with Gasteiger partial charge in [0.1, 0.15) is 6.04 Å². The van der Waals surface area contributed by atoms with Crippen LogP contribution in [0.25, 0.3) is 0 Å². The molecule has 0 aliphatic carbocycles. The van der Waals surface area contributed by atoms with E-state index in [0.29, 0.717) is 6.42 Å². The van der Waals surface area contributed by atoms with Crippen LogP contribution in [0.1, 0.15) is 30.9 Å². The molecule has 2 rings (SSSR count). The Balaban J connectivity index is 2.25. The van der Waals surface area contributed by atoms with E-state index >= 15 is 0 Å². The maximum Gasteiger partial charge on any atom is 0.328 e. The Hall–Kier alpha value is -1.84. The van der Waals surface area contributed by atoms with Gasteiger partial charge in [-0.25, -0.2) is 4.79 Å². The van der Waals surface area contributed by atoms with Gasteiger partial charge in [-0.15, -0.1) is 0 Å². The molecular weight excluding hydrogens is 230 g/mol. The highest BCUT2D eigenvalue weighted by molar-refractivity contribution is 5.78. The first-order valence-electron chi connectivity index (χ1n) is 6.13. The van der Waals surface area contributed by atoms with Crippen LogP contribution in [0.2, 0.25) is 0 Å². The zero-order chi connectivity index (χ0) is 13.0. The number of carbonyl (C=O) groups is 2. The summed E-state index contributed by atoms with van der Waals surface area (Å²) in [4.78, 5) is 24.6. The Labute approximate surface area is 107 Å². The molecule has 1 aliphatic heterocycles. The van der Waals surface area contributed by atoms with Gasteiger partial charge in [0, 0.05) is 0 Å². The van der Waals surface area contributed by atoms with E-state index in [-0.39, 0.29) is 12.0 Å². The van der Waals surface area contributed by atoms with Crippen LogP contribution in [0.5, 0.6) is 0 Å². The number of methoxy groups -OCH3 is 1. The zero-order valence-electron chi connectivity index (χ0n) is 10.4. The summed E-state index contributed by atoms with van der Waals surface area (Å²) < 4.78 is 4.77. The summed E-state index contributed by atoms with van der Waals surface area (Å²) in [6.07, 6.45) is 3.24. The number of rotatable bonds is 3. The van der Waals surface area contributed by atoms with Crippen LogP contribution in [0.4, 0.5) is 0 Å². The lowest BCUT2D eigenvalue weighted by atomic mass is 9.91. The van der Waals surface area contributed by atoms with Gasteiger partial charge in [-0.2, -0.15) is 0 Å². The number of carbonyl (C=O) groups excluding carboxylic acids is 2. The number of likely N-dealkylation sites (tertiary alicyclic amines) is 1. The highest BCUT2D eigenvalue weighted by Crippen LogP contribution is 2.33. The van der Waals surface area contributed by atoms with Crippen molar-refractivity contribution in [3.63, 3.8) is 0 Å². The summed E-state index contributed by atoms with van der Waals surface area (Å²) in [7, 11) is 1.36. The number of hydrogen-bond donors (Lipinski definition) is 0. The van der Waals surface area contributed by atoms with E-state index in [1.54, 1.807) is 4.90 Å². The molecular formula is C14H17NO3. The lowest BCUT2D eigenvalue weighted by molar-refractivity contribution is -0.153. The summed E-state index contributed by atoms with van der Waals surface area (Å²) >= 11 is 0. The molecule has 2 atom stereocenters. The van der Waals surface area contributed by atoms with Crippen molar-refractivity contribution in [3.05, 3.63) is 35.9 Å². The van der Waals surface area contributed by atoms with Crippen LogP contribution in [0, 0.1) is 0 Å². The number of amides is 1. The molecule has 1 aromatic carbocycles. The molecule has 96 valence electrons. The Bertz CT molecular complexity index is 418. The molecule has 0 bridgehead atoms. The van der Waals surface area contributed by atoms with E-state index in [2.05, 4.69) is 0 Å². The molecule has 1 fully saturated rings. The Morgan fingerprint density at radius 1 is 1.33 bits per heavy atom. The molecule has 0 saturated carbocycles. The van der Waals surface area contributed by atoms with E-state index in [0.717, 1.165) is 24.8 Å². The molecule has 1 heterocycles. The minimum absolute atomic E-state index is 0.0263. The maximum absolute atomic E-state index is 11.7. The van der Waals surface area contributed by atoms with Gasteiger partial charge < -0.3 is 9.64 Å². The fraction of sp³-hybridized carbons (Fsp3) is 0.429. The second kappa shape index (κ2) is 5.67. The molecule has 1 aromatic rings. The van der Waals surface area contributed by atoms with Crippen molar-refractivity contribution < 1.29 is 14.3 Å². The van der Waals surface area contributed by atoms with Crippen LogP contribution in [-0.2, 0) is 14.3 Å². The highest BCUT2D eigenvalue weighted by atomic mass is 16.5. The number of esters is 1. The molecule has 0 unspecified atom stereocenters. The van der Waals surface area contributed by atoms with Gasteiger partial charge in [0.15, 0.2) is 0 Å². The predicted molar refractivity (Wildman–Crippen MR) is 66.7 cm³/mol. The molecule has 0 aromatic heterocycles. The molecule has 0 N–H and O–H groups in total. The van der Waals surface area contributed by atoms with Crippen molar-refractivity contribution in [1.29, 1.82) is 0 Å². The summed E-state index contributed by atoms with van der Waals surface area (Å²) in [5, 5.41) is 0. The summed E-state index contributed by atoms with van der Waals surface area (Å²) in [6.45, 7) is 0. The highest BCUT2D eigenvalue weighted by Gasteiger charge is 2.35. The van der Waals surface area contributed by atoms with Gasteiger partial charge in [0.2, 0.25) is 6.41 Å². The van der Waals surface area contributed by atoms with Crippen molar-refractivity contribution in [3.8, 4) is 0 Å². The minimum atomic E-state index is -0.452. The van der Waals surface area contributed by atoms with Gasteiger partial charge >= 0.3 is 5.97 Å². The van der Waals surface area contributed by atoms with Gasteiger partial charge in [-0.3, -0.25) is 4.79 Å². The number of nitrogens with zero attached hydrogens (tertiary/aromatic N) is 1. The second-order valence-corrected chi connectivity index (χ2v) is 4.45. The van der Waals surface area contributed by atoms with Crippen LogP contribution in [0.15, 0.2) is 30.3 Å². The Kier molecular flexibility index (Phi) is 3.97. The van der Waals surface area contributed by atoms with Crippen LogP contribution < -0.4 is 0 Å². The van der Waals surface area contributed by atoms with Crippen molar-refractivity contribution in [2.45, 2.75) is 31.3 Å². The zero-order valence-corrected chi connectivity index (χ0v) is 10.4. The third-order valence-corrected chi connectivity index (χ3v) is 3.45. The van der Waals surface area contributed by atoms with Crippen LogP contribution >= 0.6 is 0 Å². The molecule has 0 radical (unpaired) electrons. The number of ether oxygens (including phenoxy) is 1. The molecule has 0 spiro atoms. The molecule has 1 aliphatic rings. The fourth-order valence-electron chi connectivity index (χ4n) is 2.56. The fourth-order valence-corrected chi connectivity index (χ4v) is 2.56. The predicted octanol–water partition coefficient (Wildman–Crippen LogP) is 1.91. The van der Waals surface area contributed by atoms with E-state index in [9.17, 15) is 9.59 Å². The van der Waals surface area contributed by atoms with E-state index in [1.807, 2.05) is 30.3 Å². The maximum atomic E-state index is 11.7. The van der Waals surface area contributed by atoms with E-state index in [1.165, 1.54) is 7.11 Å². The number of piperidine rings is 1. The first kappa shape index (κ1) is 12.6. The van der Waals surface area contributed by atoms with Crippen molar-refractivity contribution in [1.82, 2.24) is 4.90 Å². The van der Waals surface area contributed by atoms with Gasteiger partial charge in [-0.1, -0.05) is 30.3 Å². The Morgan fingerprint density at radius 2 is 2.06 bits per heavy atom. The average molecular weight is 247 g/mol. The largest absolute Gasteiger partial charge is 0.467 e. The summed E-state index contributed by atoms with van der Waals surface area (Å²) in [5.74, 6) is -0.331. The van der Waals surface area contributed by atoms with Gasteiger partial charge in [0.05, 0.1) is 13.2 Å². The topological polar surface area (TPSA) is 46.6 Å². The third-order valence-electron chi connectivity index (χ3n) is 3.45. The van der Waals surface area contributed by atoms with Gasteiger partial charge in [-0.05, 0) is 24.8 Å². The van der Waals surface area contributed by atoms with E-state index < -0.39 is 6.04 Å². The Morgan fingerprint density at radius 3 is 2.67 bits per heavy atom. The second-order valence-electron chi connectivity index (χ2n) is 4.45. The minimum Gasteiger partial charge on any atom is -0.467 e. The standard InChI is InChI=1S/C14H17NO3/c1-18-14(17)13-9-5-8-12(15(13)10-16)11-6-3-2-4-7-11/h2-4,6-7,10,12-13H,5,8-9H2,1H3/t12-,13-/m1/s1. The average Bonchev–Trinajstić information content (AvgIpc) is 2.46. The molecule has 18 heavy (non-hydrogen) atoms. The summed E-state index contributed by atoms with van der Waals surface area (Å²) in [6, 6.07) is 9.32. The lowest BCUT2D eigenvalue weighted by Gasteiger charge is -2.38. The van der Waals surface area contributed by atoms with Crippen molar-refractivity contribution in [2.75, 3.05) is 7.11 Å². The van der Waals surface area contributed by atoms with Crippen molar-refractivity contribution in [2.24, 2.45) is 0 Å². The SMILES string of the molecule is COC(=O)[C@H]1CCC[C@H](c2ccccc2)N1C=O. The monoisotopic (exact) mass is 247 g/mol. The number of hydrogen-bond acceptors (Lipinski definition) is 3. The summed E-state index contributed by atoms with van der Waals surface area (Å²) in [5.41, 5.74) is 1.07. The first-order valence-corrected chi connectivity index (χ1v) is 6.13. The molecule has 1 amide bonds. The smallest absolute Gasteiger partial charge is 0.328 e. The van der Waals surface area contributed by atoms with Crippen molar-refractivity contribution >= 4 is 12.4 Å². The molecule has 4 heteroatoms. The first-order chi connectivity index (χ1) is 8.77. The van der Waals surface area contributed by atoms with Gasteiger partial charge in [0.25, 0.3) is 0 Å². The van der Waals surface area contributed by atoms with E-state index in [4.69, 9.17) is 4.74 Å². The normalized spacial score (nSPS) is 23.5. The van der Waals surface area contributed by atoms with Crippen LogP contribution in [-0.4, -0.2) is 30.4 Å².